The first-order chi connectivity index (χ1) is 4.59. The third-order valence-electron chi connectivity index (χ3n) is 0.917. The van der Waals surface area contributed by atoms with Gasteiger partial charge in [0.2, 0.25) is 0 Å². The molecule has 4 heteroatoms. The SMILES string of the molecule is C/C=C\C(C(=O)O)C(=O)O. The number of carboxylic acid groups (broad SMARTS) is 2. The molecule has 0 heterocycles. The lowest BCUT2D eigenvalue weighted by molar-refractivity contribution is -0.151. The number of allylic oxidation sites excluding steroid dienone is 1. The summed E-state index contributed by atoms with van der Waals surface area (Å²) in [4.78, 5) is 20.2. The van der Waals surface area contributed by atoms with Crippen molar-refractivity contribution in [3.63, 3.8) is 0 Å². The van der Waals surface area contributed by atoms with Crippen molar-refractivity contribution in [1.29, 1.82) is 0 Å². The Bertz CT molecular complexity index is 157. The molecule has 0 radical (unpaired) electrons. The third-order valence-corrected chi connectivity index (χ3v) is 0.917. The van der Waals surface area contributed by atoms with Gasteiger partial charge >= 0.3 is 11.9 Å². The fourth-order valence-corrected chi connectivity index (χ4v) is 0.463. The van der Waals surface area contributed by atoms with Crippen molar-refractivity contribution >= 4 is 11.9 Å². The Hall–Kier alpha value is -1.32. The van der Waals surface area contributed by atoms with Crippen LogP contribution >= 0.6 is 0 Å². The zero-order chi connectivity index (χ0) is 8.15. The number of hydrogen-bond donors (Lipinski definition) is 2. The van der Waals surface area contributed by atoms with Gasteiger partial charge in [-0.3, -0.25) is 9.59 Å². The summed E-state index contributed by atoms with van der Waals surface area (Å²) >= 11 is 0. The van der Waals surface area contributed by atoms with Gasteiger partial charge in [-0.15, -0.1) is 0 Å². The van der Waals surface area contributed by atoms with E-state index in [4.69, 9.17) is 10.2 Å². The van der Waals surface area contributed by atoms with E-state index in [1.54, 1.807) is 6.92 Å². The molecule has 10 heavy (non-hydrogen) atoms. The van der Waals surface area contributed by atoms with Gasteiger partial charge in [-0.2, -0.15) is 0 Å². The highest BCUT2D eigenvalue weighted by Crippen LogP contribution is 1.98. The average molecular weight is 144 g/mol. The van der Waals surface area contributed by atoms with Gasteiger partial charge in [-0.05, 0) is 6.92 Å². The van der Waals surface area contributed by atoms with Crippen LogP contribution in [0.15, 0.2) is 12.2 Å². The van der Waals surface area contributed by atoms with Crippen molar-refractivity contribution in [1.82, 2.24) is 0 Å². The second kappa shape index (κ2) is 3.66. The molecule has 0 atom stereocenters. The Morgan fingerprint density at radius 2 is 1.70 bits per heavy atom. The molecular weight excluding hydrogens is 136 g/mol. The molecule has 0 fully saturated rings. The van der Waals surface area contributed by atoms with E-state index in [1.165, 1.54) is 6.08 Å². The van der Waals surface area contributed by atoms with Gasteiger partial charge in [-0.1, -0.05) is 12.2 Å². The highest BCUT2D eigenvalue weighted by molar-refractivity contribution is 5.94. The summed E-state index contributed by atoms with van der Waals surface area (Å²) in [5, 5.41) is 16.5. The smallest absolute Gasteiger partial charge is 0.321 e. The van der Waals surface area contributed by atoms with Crippen molar-refractivity contribution in [2.75, 3.05) is 0 Å². The van der Waals surface area contributed by atoms with Crippen LogP contribution in [0, 0.1) is 5.92 Å². The van der Waals surface area contributed by atoms with Gasteiger partial charge in [0.05, 0.1) is 0 Å². The number of carbonyl (C=O) groups is 2. The zero-order valence-electron chi connectivity index (χ0n) is 5.44. The van der Waals surface area contributed by atoms with E-state index in [-0.39, 0.29) is 0 Å². The van der Waals surface area contributed by atoms with Crippen molar-refractivity contribution in [2.24, 2.45) is 5.92 Å². The van der Waals surface area contributed by atoms with Crippen LogP contribution in [0.1, 0.15) is 6.92 Å². The van der Waals surface area contributed by atoms with Crippen LogP contribution in [0.2, 0.25) is 0 Å². The lowest BCUT2D eigenvalue weighted by Gasteiger charge is -1.97. The molecule has 0 saturated heterocycles. The number of aliphatic carboxylic acids is 2. The molecule has 0 saturated carbocycles. The Labute approximate surface area is 57.8 Å². The molecule has 0 aliphatic heterocycles. The molecule has 0 aromatic rings. The van der Waals surface area contributed by atoms with E-state index in [2.05, 4.69) is 0 Å². The monoisotopic (exact) mass is 144 g/mol. The quantitative estimate of drug-likeness (QED) is 0.442. The second-order valence-electron chi connectivity index (χ2n) is 1.68. The molecule has 0 aliphatic carbocycles. The van der Waals surface area contributed by atoms with E-state index in [0.29, 0.717) is 0 Å². The minimum Gasteiger partial charge on any atom is -0.480 e. The first-order valence-corrected chi connectivity index (χ1v) is 2.68. The van der Waals surface area contributed by atoms with Crippen molar-refractivity contribution in [3.8, 4) is 0 Å². The molecule has 0 rings (SSSR count). The molecule has 4 nitrogen and oxygen atoms in total. The summed E-state index contributed by atoms with van der Waals surface area (Å²) in [5.41, 5.74) is 0. The van der Waals surface area contributed by atoms with E-state index in [9.17, 15) is 9.59 Å². The van der Waals surface area contributed by atoms with Gasteiger partial charge in [0.25, 0.3) is 0 Å². The fourth-order valence-electron chi connectivity index (χ4n) is 0.463. The van der Waals surface area contributed by atoms with Gasteiger partial charge in [0.1, 0.15) is 0 Å². The normalized spacial score (nSPS) is 10.6. The summed E-state index contributed by atoms with van der Waals surface area (Å²) in [7, 11) is 0. The van der Waals surface area contributed by atoms with Crippen molar-refractivity contribution in [2.45, 2.75) is 6.92 Å². The standard InChI is InChI=1S/C6H8O4/c1-2-3-4(5(7)8)6(9)10/h2-4H,1H3,(H,7,8)(H,9,10)/b3-2-. The highest BCUT2D eigenvalue weighted by Gasteiger charge is 2.21. The molecule has 56 valence electrons. The Kier molecular flexibility index (Phi) is 3.17. The Balaban J connectivity index is 4.27. The summed E-state index contributed by atoms with van der Waals surface area (Å²) in [5.74, 6) is -4.10. The molecule has 0 aromatic carbocycles. The zero-order valence-corrected chi connectivity index (χ0v) is 5.44. The van der Waals surface area contributed by atoms with Crippen LogP contribution in [0.3, 0.4) is 0 Å². The maximum absolute atomic E-state index is 10.1. The molecule has 2 N–H and O–H groups in total. The molecule has 0 bridgehead atoms. The fraction of sp³-hybridized carbons (Fsp3) is 0.333. The van der Waals surface area contributed by atoms with Crippen molar-refractivity contribution < 1.29 is 19.8 Å². The maximum Gasteiger partial charge on any atom is 0.321 e. The lowest BCUT2D eigenvalue weighted by atomic mass is 10.1. The van der Waals surface area contributed by atoms with E-state index in [1.807, 2.05) is 0 Å². The first kappa shape index (κ1) is 8.68. The van der Waals surface area contributed by atoms with Gasteiger partial charge in [-0.25, -0.2) is 0 Å². The summed E-state index contributed by atoms with van der Waals surface area (Å²) < 4.78 is 0. The number of carboxylic acids is 2. The van der Waals surface area contributed by atoms with E-state index in [0.717, 1.165) is 6.08 Å². The Morgan fingerprint density at radius 1 is 1.30 bits per heavy atom. The molecule has 0 aromatic heterocycles. The molecule has 0 aliphatic rings. The summed E-state index contributed by atoms with van der Waals surface area (Å²) in [6, 6.07) is 0. The predicted molar refractivity (Wildman–Crippen MR) is 33.6 cm³/mol. The molecule has 0 spiro atoms. The number of rotatable bonds is 3. The summed E-state index contributed by atoms with van der Waals surface area (Å²) in [6.07, 6.45) is 2.51. The molecular formula is C6H8O4. The minimum absolute atomic E-state index is 1.12. The number of hydrogen-bond acceptors (Lipinski definition) is 2. The van der Waals surface area contributed by atoms with Crippen molar-refractivity contribution in [3.05, 3.63) is 12.2 Å². The van der Waals surface area contributed by atoms with Crippen LogP contribution in [-0.2, 0) is 9.59 Å². The minimum atomic E-state index is -1.41. The van der Waals surface area contributed by atoms with Crippen LogP contribution in [0.25, 0.3) is 0 Å². The van der Waals surface area contributed by atoms with Crippen LogP contribution < -0.4 is 0 Å². The van der Waals surface area contributed by atoms with Crippen LogP contribution in [-0.4, -0.2) is 22.2 Å². The maximum atomic E-state index is 10.1. The van der Waals surface area contributed by atoms with Crippen LogP contribution in [0.4, 0.5) is 0 Å². The van der Waals surface area contributed by atoms with Gasteiger partial charge in [0, 0.05) is 0 Å². The molecule has 0 amide bonds. The van der Waals surface area contributed by atoms with Crippen LogP contribution in [0.5, 0.6) is 0 Å². The van der Waals surface area contributed by atoms with E-state index >= 15 is 0 Å². The second-order valence-corrected chi connectivity index (χ2v) is 1.68. The topological polar surface area (TPSA) is 74.6 Å². The summed E-state index contributed by atoms with van der Waals surface area (Å²) in [6.45, 7) is 1.57. The highest BCUT2D eigenvalue weighted by atomic mass is 16.4. The van der Waals surface area contributed by atoms with Gasteiger partial charge in [0.15, 0.2) is 5.92 Å². The largest absolute Gasteiger partial charge is 0.480 e. The van der Waals surface area contributed by atoms with E-state index < -0.39 is 17.9 Å². The third kappa shape index (κ3) is 2.30. The first-order valence-electron chi connectivity index (χ1n) is 2.68. The molecule has 0 unspecified atom stereocenters. The lowest BCUT2D eigenvalue weighted by Crippen LogP contribution is -2.20. The van der Waals surface area contributed by atoms with Gasteiger partial charge < -0.3 is 10.2 Å². The average Bonchev–Trinajstić information content (AvgIpc) is 1.81. The predicted octanol–water partition coefficient (Wildman–Crippen LogP) is 0.348. The Morgan fingerprint density at radius 3 is 1.80 bits per heavy atom.